The number of aryl methyl sites for hydroxylation is 1. The lowest BCUT2D eigenvalue weighted by Crippen LogP contribution is -2.25. The lowest BCUT2D eigenvalue weighted by molar-refractivity contribution is 0.0950. The van der Waals surface area contributed by atoms with Crippen molar-refractivity contribution in [1.82, 2.24) is 20.1 Å². The molecule has 0 aliphatic carbocycles. The molecule has 0 fully saturated rings. The molecule has 7 heteroatoms. The summed E-state index contributed by atoms with van der Waals surface area (Å²) in [5, 5.41) is 12.9. The number of nitrogens with zero attached hydrogens (tertiary/aromatic N) is 3. The van der Waals surface area contributed by atoms with Gasteiger partial charge in [-0.1, -0.05) is 6.07 Å². The van der Waals surface area contributed by atoms with Gasteiger partial charge in [-0.3, -0.25) is 4.79 Å². The molecular formula is C12H14FN5O. The van der Waals surface area contributed by atoms with Gasteiger partial charge in [0.05, 0.1) is 17.8 Å². The fourth-order valence-corrected chi connectivity index (χ4v) is 1.69. The summed E-state index contributed by atoms with van der Waals surface area (Å²) in [6.07, 6.45) is 1.54. The van der Waals surface area contributed by atoms with E-state index in [0.717, 1.165) is 0 Å². The van der Waals surface area contributed by atoms with Crippen LogP contribution in [0.4, 0.5) is 10.1 Å². The normalized spacial score (nSPS) is 10.3. The van der Waals surface area contributed by atoms with E-state index in [1.165, 1.54) is 12.1 Å². The Hall–Kier alpha value is -2.44. The number of anilines is 1. The first kappa shape index (κ1) is 13.0. The summed E-state index contributed by atoms with van der Waals surface area (Å²) in [5.74, 6) is -0.212. The standard InChI is InChI=1S/C12H14FN5O/c1-14-11-8(4-3-5-9(11)13)12(19)15-6-10-17-16-7-18(10)2/h3-5,7,14H,6H2,1-2H3,(H,15,19). The van der Waals surface area contributed by atoms with Gasteiger partial charge in [0.25, 0.3) is 5.91 Å². The van der Waals surface area contributed by atoms with Crippen molar-refractivity contribution in [3.05, 3.63) is 41.7 Å². The molecule has 0 radical (unpaired) electrons. The van der Waals surface area contributed by atoms with Crippen molar-refractivity contribution < 1.29 is 9.18 Å². The van der Waals surface area contributed by atoms with Crippen LogP contribution in [-0.4, -0.2) is 27.7 Å². The number of nitrogens with one attached hydrogen (secondary N) is 2. The van der Waals surface area contributed by atoms with Crippen LogP contribution in [0.1, 0.15) is 16.2 Å². The molecule has 6 nitrogen and oxygen atoms in total. The van der Waals surface area contributed by atoms with E-state index >= 15 is 0 Å². The van der Waals surface area contributed by atoms with E-state index < -0.39 is 5.82 Å². The molecule has 0 atom stereocenters. The first-order valence-electron chi connectivity index (χ1n) is 5.71. The van der Waals surface area contributed by atoms with E-state index in [1.807, 2.05) is 0 Å². The Bertz CT molecular complexity index is 596. The molecule has 2 N–H and O–H groups in total. The van der Waals surface area contributed by atoms with Gasteiger partial charge in [0.1, 0.15) is 12.1 Å². The van der Waals surface area contributed by atoms with Gasteiger partial charge < -0.3 is 15.2 Å². The molecule has 2 rings (SSSR count). The average molecular weight is 263 g/mol. The van der Waals surface area contributed by atoms with E-state index in [-0.39, 0.29) is 23.7 Å². The van der Waals surface area contributed by atoms with Crippen molar-refractivity contribution in [3.8, 4) is 0 Å². The van der Waals surface area contributed by atoms with Crippen molar-refractivity contribution >= 4 is 11.6 Å². The number of aromatic nitrogens is 3. The zero-order valence-electron chi connectivity index (χ0n) is 10.6. The monoisotopic (exact) mass is 263 g/mol. The van der Waals surface area contributed by atoms with Gasteiger partial charge in [0.2, 0.25) is 0 Å². The predicted molar refractivity (Wildman–Crippen MR) is 68.1 cm³/mol. The van der Waals surface area contributed by atoms with Crippen LogP contribution in [0.3, 0.4) is 0 Å². The number of hydrogen-bond acceptors (Lipinski definition) is 4. The summed E-state index contributed by atoms with van der Waals surface area (Å²) in [7, 11) is 3.35. The van der Waals surface area contributed by atoms with Crippen molar-refractivity contribution in [1.29, 1.82) is 0 Å². The number of amides is 1. The van der Waals surface area contributed by atoms with Crippen molar-refractivity contribution in [2.24, 2.45) is 7.05 Å². The topological polar surface area (TPSA) is 71.8 Å². The van der Waals surface area contributed by atoms with E-state index in [0.29, 0.717) is 5.82 Å². The van der Waals surface area contributed by atoms with E-state index in [2.05, 4.69) is 20.8 Å². The molecule has 1 heterocycles. The Kier molecular flexibility index (Phi) is 3.74. The van der Waals surface area contributed by atoms with Gasteiger partial charge in [-0.05, 0) is 12.1 Å². The van der Waals surface area contributed by atoms with Crippen molar-refractivity contribution in [2.75, 3.05) is 12.4 Å². The molecule has 0 saturated heterocycles. The molecule has 0 aliphatic heterocycles. The average Bonchev–Trinajstić information content (AvgIpc) is 2.81. The molecule has 1 aromatic carbocycles. The molecule has 0 bridgehead atoms. The SMILES string of the molecule is CNc1c(F)cccc1C(=O)NCc1nncn1C. The molecular weight excluding hydrogens is 249 g/mol. The lowest BCUT2D eigenvalue weighted by Gasteiger charge is -2.10. The first-order valence-corrected chi connectivity index (χ1v) is 5.71. The number of carbonyl (C=O) groups excluding carboxylic acids is 1. The third-order valence-corrected chi connectivity index (χ3v) is 2.72. The molecule has 2 aromatic rings. The van der Waals surface area contributed by atoms with Crippen LogP contribution >= 0.6 is 0 Å². The van der Waals surface area contributed by atoms with Crippen LogP contribution in [0.15, 0.2) is 24.5 Å². The second-order valence-corrected chi connectivity index (χ2v) is 3.95. The van der Waals surface area contributed by atoms with Crippen LogP contribution < -0.4 is 10.6 Å². The Morgan fingerprint density at radius 2 is 2.26 bits per heavy atom. The van der Waals surface area contributed by atoms with E-state index in [4.69, 9.17) is 0 Å². The highest BCUT2D eigenvalue weighted by Crippen LogP contribution is 2.18. The van der Waals surface area contributed by atoms with E-state index in [9.17, 15) is 9.18 Å². The van der Waals surface area contributed by atoms with Crippen LogP contribution in [0.25, 0.3) is 0 Å². The zero-order valence-corrected chi connectivity index (χ0v) is 10.6. The van der Waals surface area contributed by atoms with Crippen LogP contribution in [0.2, 0.25) is 0 Å². The largest absolute Gasteiger partial charge is 0.385 e. The Labute approximate surface area is 109 Å². The Morgan fingerprint density at radius 3 is 2.89 bits per heavy atom. The molecule has 0 spiro atoms. The minimum absolute atomic E-state index is 0.179. The molecule has 1 aromatic heterocycles. The summed E-state index contributed by atoms with van der Waals surface area (Å²) in [4.78, 5) is 12.0. The minimum atomic E-state index is -0.464. The van der Waals surface area contributed by atoms with Gasteiger partial charge in [0, 0.05) is 14.1 Å². The van der Waals surface area contributed by atoms with Gasteiger partial charge in [-0.15, -0.1) is 10.2 Å². The summed E-state index contributed by atoms with van der Waals surface area (Å²) in [6.45, 7) is 0.231. The fraction of sp³-hybridized carbons (Fsp3) is 0.250. The number of para-hydroxylation sites is 1. The maximum absolute atomic E-state index is 13.5. The summed E-state index contributed by atoms with van der Waals surface area (Å²) in [5.41, 5.74) is 0.433. The molecule has 1 amide bonds. The highest BCUT2D eigenvalue weighted by Gasteiger charge is 2.14. The number of benzene rings is 1. The maximum atomic E-state index is 13.5. The Morgan fingerprint density at radius 1 is 1.47 bits per heavy atom. The van der Waals surface area contributed by atoms with Crippen LogP contribution in [-0.2, 0) is 13.6 Å². The first-order chi connectivity index (χ1) is 9.13. The van der Waals surface area contributed by atoms with Crippen LogP contribution in [0, 0.1) is 5.82 Å². The lowest BCUT2D eigenvalue weighted by atomic mass is 10.1. The molecule has 0 aliphatic rings. The minimum Gasteiger partial charge on any atom is -0.385 e. The molecule has 100 valence electrons. The summed E-state index contributed by atoms with van der Waals surface area (Å²) < 4.78 is 15.2. The second-order valence-electron chi connectivity index (χ2n) is 3.95. The molecule has 0 saturated carbocycles. The summed E-state index contributed by atoms with van der Waals surface area (Å²) >= 11 is 0. The quantitative estimate of drug-likeness (QED) is 0.860. The van der Waals surface area contributed by atoms with Gasteiger partial charge in [-0.25, -0.2) is 4.39 Å². The second kappa shape index (κ2) is 5.47. The number of rotatable bonds is 4. The Balaban J connectivity index is 2.12. The number of carbonyl (C=O) groups is 1. The zero-order chi connectivity index (χ0) is 13.8. The smallest absolute Gasteiger partial charge is 0.253 e. The highest BCUT2D eigenvalue weighted by molar-refractivity contribution is 5.99. The fourth-order valence-electron chi connectivity index (χ4n) is 1.69. The van der Waals surface area contributed by atoms with E-state index in [1.54, 1.807) is 31.1 Å². The van der Waals surface area contributed by atoms with Crippen LogP contribution in [0.5, 0.6) is 0 Å². The van der Waals surface area contributed by atoms with Crippen molar-refractivity contribution in [3.63, 3.8) is 0 Å². The maximum Gasteiger partial charge on any atom is 0.253 e. The predicted octanol–water partition coefficient (Wildman–Crippen LogP) is 0.926. The highest BCUT2D eigenvalue weighted by atomic mass is 19.1. The van der Waals surface area contributed by atoms with Gasteiger partial charge >= 0.3 is 0 Å². The molecule has 19 heavy (non-hydrogen) atoms. The van der Waals surface area contributed by atoms with Crippen molar-refractivity contribution in [2.45, 2.75) is 6.54 Å². The number of halogens is 1. The van der Waals surface area contributed by atoms with Gasteiger partial charge in [-0.2, -0.15) is 0 Å². The number of hydrogen-bond donors (Lipinski definition) is 2. The summed E-state index contributed by atoms with van der Waals surface area (Å²) in [6, 6.07) is 4.35. The third kappa shape index (κ3) is 2.70. The third-order valence-electron chi connectivity index (χ3n) is 2.72. The molecule has 0 unspecified atom stereocenters. The van der Waals surface area contributed by atoms with Gasteiger partial charge in [0.15, 0.2) is 5.82 Å².